The maximum absolute atomic E-state index is 12.6. The van der Waals surface area contributed by atoms with E-state index in [0.717, 1.165) is 10.1 Å². The summed E-state index contributed by atoms with van der Waals surface area (Å²) in [4.78, 5) is 24.5. The lowest BCUT2D eigenvalue weighted by Crippen LogP contribution is -2.32. The minimum absolute atomic E-state index is 0.255. The van der Waals surface area contributed by atoms with Gasteiger partial charge in [0.2, 0.25) is 0 Å². The molecule has 0 N–H and O–H groups in total. The van der Waals surface area contributed by atoms with E-state index in [9.17, 15) is 9.59 Å². The largest absolute Gasteiger partial charge is 0.497 e. The smallest absolute Gasteiger partial charge is 0.330 e. The van der Waals surface area contributed by atoms with Gasteiger partial charge in [-0.05, 0) is 32.0 Å². The fourth-order valence-corrected chi connectivity index (χ4v) is 2.57. The number of carbonyl (C=O) groups is 1. The Morgan fingerprint density at radius 2 is 2.14 bits per heavy atom. The molecule has 1 atom stereocenters. The number of esters is 1. The SMILES string of the molecule is CCOC(=O)C(C)n1nc(CBr)c2ccc(OC)cc2c1=O. The van der Waals surface area contributed by atoms with Gasteiger partial charge in [-0.2, -0.15) is 5.10 Å². The van der Waals surface area contributed by atoms with Crippen LogP contribution >= 0.6 is 15.9 Å². The summed E-state index contributed by atoms with van der Waals surface area (Å²) in [5.41, 5.74) is 0.326. The zero-order valence-corrected chi connectivity index (χ0v) is 14.2. The number of rotatable bonds is 5. The van der Waals surface area contributed by atoms with Crippen LogP contribution in [0.1, 0.15) is 25.6 Å². The van der Waals surface area contributed by atoms with Crippen molar-refractivity contribution >= 4 is 32.7 Å². The van der Waals surface area contributed by atoms with E-state index in [-0.39, 0.29) is 12.2 Å². The van der Waals surface area contributed by atoms with Crippen LogP contribution in [-0.2, 0) is 14.9 Å². The Bertz CT molecular complexity index is 757. The number of nitrogens with zero attached hydrogens (tertiary/aromatic N) is 2. The molecular weight excluding hydrogens is 352 g/mol. The van der Waals surface area contributed by atoms with Crippen molar-refractivity contribution in [1.29, 1.82) is 0 Å². The lowest BCUT2D eigenvalue weighted by molar-refractivity contribution is -0.147. The third-order valence-electron chi connectivity index (χ3n) is 3.33. The summed E-state index contributed by atoms with van der Waals surface area (Å²) in [5, 5.41) is 5.95. The lowest BCUT2D eigenvalue weighted by atomic mass is 10.1. The third-order valence-corrected chi connectivity index (χ3v) is 3.86. The van der Waals surface area contributed by atoms with E-state index in [2.05, 4.69) is 21.0 Å². The Balaban J connectivity index is 2.67. The van der Waals surface area contributed by atoms with Crippen molar-refractivity contribution in [3.05, 3.63) is 34.2 Å². The molecule has 22 heavy (non-hydrogen) atoms. The molecule has 0 aliphatic carbocycles. The highest BCUT2D eigenvalue weighted by molar-refractivity contribution is 9.08. The molecule has 6 nitrogen and oxygen atoms in total. The van der Waals surface area contributed by atoms with Gasteiger partial charge in [0.05, 0.1) is 24.8 Å². The zero-order valence-electron chi connectivity index (χ0n) is 12.6. The van der Waals surface area contributed by atoms with E-state index < -0.39 is 12.0 Å². The van der Waals surface area contributed by atoms with Crippen LogP contribution in [0.25, 0.3) is 10.8 Å². The van der Waals surface area contributed by atoms with Gasteiger partial charge >= 0.3 is 5.97 Å². The lowest BCUT2D eigenvalue weighted by Gasteiger charge is -2.15. The zero-order chi connectivity index (χ0) is 16.3. The van der Waals surface area contributed by atoms with Crippen LogP contribution in [0.2, 0.25) is 0 Å². The van der Waals surface area contributed by atoms with Crippen LogP contribution in [0, 0.1) is 0 Å². The van der Waals surface area contributed by atoms with Crippen LogP contribution in [0.4, 0.5) is 0 Å². The highest BCUT2D eigenvalue weighted by atomic mass is 79.9. The third kappa shape index (κ3) is 2.99. The average Bonchev–Trinajstić information content (AvgIpc) is 2.54. The number of fused-ring (bicyclic) bond motifs is 1. The van der Waals surface area contributed by atoms with Gasteiger partial charge in [-0.15, -0.1) is 0 Å². The van der Waals surface area contributed by atoms with Gasteiger partial charge in [0.25, 0.3) is 5.56 Å². The topological polar surface area (TPSA) is 70.4 Å². The quantitative estimate of drug-likeness (QED) is 0.598. The summed E-state index contributed by atoms with van der Waals surface area (Å²) in [7, 11) is 1.54. The van der Waals surface area contributed by atoms with Gasteiger partial charge < -0.3 is 9.47 Å². The highest BCUT2D eigenvalue weighted by Gasteiger charge is 2.21. The average molecular weight is 369 g/mol. The molecule has 1 aromatic carbocycles. The molecule has 2 aromatic rings. The number of benzene rings is 1. The van der Waals surface area contributed by atoms with Crippen molar-refractivity contribution in [1.82, 2.24) is 9.78 Å². The second-order valence-corrected chi connectivity index (χ2v) is 5.23. The number of ether oxygens (including phenoxy) is 2. The predicted molar refractivity (Wildman–Crippen MR) is 86.5 cm³/mol. The van der Waals surface area contributed by atoms with E-state index in [1.165, 1.54) is 7.11 Å². The van der Waals surface area contributed by atoms with Crippen molar-refractivity contribution in [3.8, 4) is 5.75 Å². The van der Waals surface area contributed by atoms with Gasteiger partial charge in [0.1, 0.15) is 5.75 Å². The van der Waals surface area contributed by atoms with Crippen molar-refractivity contribution in [2.75, 3.05) is 13.7 Å². The predicted octanol–water partition coefficient (Wildman–Crippen LogP) is 2.42. The Morgan fingerprint density at radius 1 is 1.41 bits per heavy atom. The first-order chi connectivity index (χ1) is 10.5. The monoisotopic (exact) mass is 368 g/mol. The second-order valence-electron chi connectivity index (χ2n) is 4.67. The summed E-state index contributed by atoms with van der Waals surface area (Å²) in [6.07, 6.45) is 0. The van der Waals surface area contributed by atoms with E-state index in [1.807, 2.05) is 0 Å². The fourth-order valence-electron chi connectivity index (χ4n) is 2.16. The number of carbonyl (C=O) groups excluding carboxylic acids is 1. The molecule has 118 valence electrons. The number of aromatic nitrogens is 2. The maximum Gasteiger partial charge on any atom is 0.330 e. The number of hydrogen-bond donors (Lipinski definition) is 0. The van der Waals surface area contributed by atoms with E-state index >= 15 is 0 Å². The van der Waals surface area contributed by atoms with E-state index in [1.54, 1.807) is 32.0 Å². The molecule has 1 heterocycles. The molecule has 2 rings (SSSR count). The summed E-state index contributed by atoms with van der Waals surface area (Å²) < 4.78 is 11.3. The molecule has 0 spiro atoms. The van der Waals surface area contributed by atoms with Crippen molar-refractivity contribution in [3.63, 3.8) is 0 Å². The van der Waals surface area contributed by atoms with Crippen molar-refractivity contribution < 1.29 is 14.3 Å². The molecule has 0 saturated heterocycles. The van der Waals surface area contributed by atoms with Crippen LogP contribution in [0.15, 0.2) is 23.0 Å². The Kier molecular flexibility index (Phi) is 5.18. The number of methoxy groups -OCH3 is 1. The Labute approximate surface area is 136 Å². The van der Waals surface area contributed by atoms with Crippen LogP contribution < -0.4 is 10.3 Å². The first-order valence-corrected chi connectivity index (χ1v) is 7.97. The standard InChI is InChI=1S/C15H17BrN2O4/c1-4-22-15(20)9(2)18-14(19)12-7-10(21-3)5-6-11(12)13(8-16)17-18/h5-7,9H,4,8H2,1-3H3. The van der Waals surface area contributed by atoms with Gasteiger partial charge in [-0.1, -0.05) is 15.9 Å². The van der Waals surface area contributed by atoms with E-state index in [0.29, 0.717) is 22.2 Å². The normalized spacial score (nSPS) is 12.2. The first kappa shape index (κ1) is 16.5. The minimum atomic E-state index is -0.791. The highest BCUT2D eigenvalue weighted by Crippen LogP contribution is 2.22. The first-order valence-electron chi connectivity index (χ1n) is 6.85. The summed E-state index contributed by atoms with van der Waals surface area (Å²) in [5.74, 6) is 0.0894. The summed E-state index contributed by atoms with van der Waals surface area (Å²) >= 11 is 3.36. The van der Waals surface area contributed by atoms with Gasteiger partial charge in [0.15, 0.2) is 6.04 Å². The summed E-state index contributed by atoms with van der Waals surface area (Å²) in [6.45, 7) is 3.57. The van der Waals surface area contributed by atoms with E-state index in [4.69, 9.17) is 9.47 Å². The molecule has 1 unspecified atom stereocenters. The molecule has 0 aliphatic rings. The molecular formula is C15H17BrN2O4. The Hall–Kier alpha value is -1.89. The number of halogens is 1. The van der Waals surface area contributed by atoms with Crippen LogP contribution in [0.5, 0.6) is 5.75 Å². The molecule has 0 bridgehead atoms. The van der Waals surface area contributed by atoms with Crippen molar-refractivity contribution in [2.24, 2.45) is 0 Å². The molecule has 1 aromatic heterocycles. The van der Waals surface area contributed by atoms with Crippen LogP contribution in [-0.4, -0.2) is 29.5 Å². The van der Waals surface area contributed by atoms with Gasteiger partial charge in [-0.3, -0.25) is 4.79 Å². The second kappa shape index (κ2) is 6.91. The molecule has 0 saturated carbocycles. The summed E-state index contributed by atoms with van der Waals surface area (Å²) in [6, 6.07) is 4.42. The van der Waals surface area contributed by atoms with Crippen molar-refractivity contribution in [2.45, 2.75) is 25.2 Å². The minimum Gasteiger partial charge on any atom is -0.497 e. The molecule has 0 aliphatic heterocycles. The maximum atomic E-state index is 12.6. The van der Waals surface area contributed by atoms with Crippen LogP contribution in [0.3, 0.4) is 0 Å². The fraction of sp³-hybridized carbons (Fsp3) is 0.400. The number of alkyl halides is 1. The van der Waals surface area contributed by atoms with Gasteiger partial charge in [0, 0.05) is 10.7 Å². The molecule has 0 fully saturated rings. The molecule has 0 radical (unpaired) electrons. The van der Waals surface area contributed by atoms with Gasteiger partial charge in [-0.25, -0.2) is 9.48 Å². The Morgan fingerprint density at radius 3 is 2.73 bits per heavy atom. The molecule has 7 heteroatoms. The number of hydrogen-bond acceptors (Lipinski definition) is 5. The molecule has 0 amide bonds.